The molecule has 0 atom stereocenters. The van der Waals surface area contributed by atoms with Crippen molar-refractivity contribution in [2.45, 2.75) is 50.4 Å². The van der Waals surface area contributed by atoms with Crippen LogP contribution >= 0.6 is 23.1 Å². The Hall–Kier alpha value is -1.60. The van der Waals surface area contributed by atoms with E-state index >= 15 is 0 Å². The first kappa shape index (κ1) is 18.7. The van der Waals surface area contributed by atoms with Gasteiger partial charge in [-0.1, -0.05) is 56.0 Å². The minimum atomic E-state index is 0.0496. The Bertz CT molecular complexity index is 638. The van der Waals surface area contributed by atoms with Crippen molar-refractivity contribution in [2.24, 2.45) is 0 Å². The van der Waals surface area contributed by atoms with Crippen LogP contribution in [0.4, 0.5) is 10.8 Å². The Morgan fingerprint density at radius 3 is 2.50 bits per heavy atom. The van der Waals surface area contributed by atoms with Crippen molar-refractivity contribution in [2.75, 3.05) is 11.1 Å². The van der Waals surface area contributed by atoms with Crippen LogP contribution < -0.4 is 10.6 Å². The second-order valence-corrected chi connectivity index (χ2v) is 7.62. The zero-order chi connectivity index (χ0) is 17.4. The molecule has 2 aromatic rings. The molecule has 0 saturated heterocycles. The molecule has 1 aromatic carbocycles. The van der Waals surface area contributed by atoms with Gasteiger partial charge in [0.05, 0.1) is 5.75 Å². The van der Waals surface area contributed by atoms with Crippen molar-refractivity contribution >= 4 is 39.8 Å². The number of amides is 1. The molecular formula is C17H24N4OS2. The number of aryl methyl sites for hydroxylation is 1. The van der Waals surface area contributed by atoms with Crippen molar-refractivity contribution in [3.63, 3.8) is 0 Å². The van der Waals surface area contributed by atoms with Gasteiger partial charge >= 0.3 is 0 Å². The van der Waals surface area contributed by atoms with E-state index in [4.69, 9.17) is 0 Å². The highest BCUT2D eigenvalue weighted by Crippen LogP contribution is 2.27. The van der Waals surface area contributed by atoms with E-state index in [2.05, 4.69) is 53.7 Å². The van der Waals surface area contributed by atoms with Crippen molar-refractivity contribution in [1.29, 1.82) is 0 Å². The third kappa shape index (κ3) is 5.79. The van der Waals surface area contributed by atoms with Gasteiger partial charge in [-0.05, 0) is 37.0 Å². The van der Waals surface area contributed by atoms with Crippen LogP contribution in [0.15, 0.2) is 28.6 Å². The van der Waals surface area contributed by atoms with Crippen LogP contribution in [-0.4, -0.2) is 27.9 Å². The maximum Gasteiger partial charge on any atom is 0.230 e. The molecule has 0 spiro atoms. The predicted octanol–water partition coefficient (Wildman–Crippen LogP) is 4.24. The quantitative estimate of drug-likeness (QED) is 0.652. The van der Waals surface area contributed by atoms with E-state index in [9.17, 15) is 4.79 Å². The summed E-state index contributed by atoms with van der Waals surface area (Å²) in [6, 6.07) is 8.53. The molecule has 0 unspecified atom stereocenters. The fourth-order valence-corrected chi connectivity index (χ4v) is 3.74. The summed E-state index contributed by atoms with van der Waals surface area (Å²) in [5.74, 6) is 0.421. The van der Waals surface area contributed by atoms with Crippen LogP contribution in [0, 0.1) is 0 Å². The van der Waals surface area contributed by atoms with E-state index in [1.807, 2.05) is 12.1 Å². The smallest absolute Gasteiger partial charge is 0.230 e. The van der Waals surface area contributed by atoms with Gasteiger partial charge in [0.2, 0.25) is 11.0 Å². The number of thioether (sulfide) groups is 1. The lowest BCUT2D eigenvalue weighted by atomic mass is 10.1. The Morgan fingerprint density at radius 1 is 1.17 bits per heavy atom. The average molecular weight is 365 g/mol. The molecule has 0 radical (unpaired) electrons. The zero-order valence-electron chi connectivity index (χ0n) is 14.3. The predicted molar refractivity (Wildman–Crippen MR) is 102 cm³/mol. The fraction of sp³-hybridized carbons (Fsp3) is 0.471. The molecule has 5 nitrogen and oxygen atoms in total. The van der Waals surface area contributed by atoms with E-state index in [1.165, 1.54) is 28.7 Å². The van der Waals surface area contributed by atoms with E-state index < -0.39 is 0 Å². The first-order valence-electron chi connectivity index (χ1n) is 8.26. The minimum Gasteiger partial charge on any atom is -0.353 e. The number of hydrogen-bond donors (Lipinski definition) is 2. The molecule has 24 heavy (non-hydrogen) atoms. The summed E-state index contributed by atoms with van der Waals surface area (Å²) in [6.07, 6.45) is 2.94. The number of hydrogen-bond acceptors (Lipinski definition) is 6. The number of nitrogens with one attached hydrogen (secondary N) is 2. The highest BCUT2D eigenvalue weighted by atomic mass is 32.2. The van der Waals surface area contributed by atoms with E-state index in [0.717, 1.165) is 34.4 Å². The Balaban J connectivity index is 1.83. The maximum absolute atomic E-state index is 11.9. The summed E-state index contributed by atoms with van der Waals surface area (Å²) in [5.41, 5.74) is 2.30. The number of benzene rings is 1. The van der Waals surface area contributed by atoms with Gasteiger partial charge in [-0.25, -0.2) is 0 Å². The lowest BCUT2D eigenvalue weighted by molar-refractivity contribution is -0.119. The van der Waals surface area contributed by atoms with Crippen LogP contribution in [0.1, 0.15) is 39.2 Å². The van der Waals surface area contributed by atoms with E-state index in [1.54, 1.807) is 0 Å². The van der Waals surface area contributed by atoms with Crippen molar-refractivity contribution < 1.29 is 4.79 Å². The van der Waals surface area contributed by atoms with E-state index in [0.29, 0.717) is 5.75 Å². The van der Waals surface area contributed by atoms with Gasteiger partial charge in [0.1, 0.15) is 0 Å². The summed E-state index contributed by atoms with van der Waals surface area (Å²) < 4.78 is 0.794. The summed E-state index contributed by atoms with van der Waals surface area (Å²) in [5, 5.41) is 15.3. The zero-order valence-corrected chi connectivity index (χ0v) is 16.0. The average Bonchev–Trinajstić information content (AvgIpc) is 3.06. The topological polar surface area (TPSA) is 66.9 Å². The van der Waals surface area contributed by atoms with E-state index in [-0.39, 0.29) is 11.9 Å². The van der Waals surface area contributed by atoms with Gasteiger partial charge in [0.15, 0.2) is 4.34 Å². The van der Waals surface area contributed by atoms with Crippen LogP contribution in [0.2, 0.25) is 0 Å². The molecule has 0 aliphatic rings. The van der Waals surface area contributed by atoms with Gasteiger partial charge in [0.25, 0.3) is 0 Å². The lowest BCUT2D eigenvalue weighted by Gasteiger charge is -2.13. The first-order valence-corrected chi connectivity index (χ1v) is 10.1. The summed E-state index contributed by atoms with van der Waals surface area (Å²) in [4.78, 5) is 11.9. The molecule has 1 amide bonds. The Kier molecular flexibility index (Phi) is 7.52. The third-order valence-corrected chi connectivity index (χ3v) is 5.67. The highest BCUT2D eigenvalue weighted by Gasteiger charge is 2.11. The molecule has 7 heteroatoms. The van der Waals surface area contributed by atoms with Gasteiger partial charge in [-0.2, -0.15) is 0 Å². The monoisotopic (exact) mass is 364 g/mol. The molecule has 2 N–H and O–H groups in total. The summed E-state index contributed by atoms with van der Waals surface area (Å²) in [6.45, 7) is 6.30. The summed E-state index contributed by atoms with van der Waals surface area (Å²) >= 11 is 2.88. The SMILES string of the molecule is CCc1ccc(Nc2nnc(SCC(=O)NC(CC)CC)s2)cc1. The number of anilines is 2. The molecule has 1 heterocycles. The number of carbonyl (C=O) groups excluding carboxylic acids is 1. The highest BCUT2D eigenvalue weighted by molar-refractivity contribution is 8.01. The molecule has 0 aliphatic heterocycles. The second-order valence-electron chi connectivity index (χ2n) is 5.42. The van der Waals surface area contributed by atoms with Crippen molar-refractivity contribution in [3.8, 4) is 0 Å². The van der Waals surface area contributed by atoms with Crippen molar-refractivity contribution in [1.82, 2.24) is 15.5 Å². The van der Waals surface area contributed by atoms with Crippen LogP contribution in [0.3, 0.4) is 0 Å². The molecule has 2 rings (SSSR count). The number of nitrogens with zero attached hydrogens (tertiary/aromatic N) is 2. The second kappa shape index (κ2) is 9.64. The molecule has 1 aromatic heterocycles. The van der Waals surface area contributed by atoms with Crippen LogP contribution in [-0.2, 0) is 11.2 Å². The molecule has 0 aliphatic carbocycles. The Labute approximate surface area is 151 Å². The number of aromatic nitrogens is 2. The van der Waals surface area contributed by atoms with Gasteiger partial charge in [0, 0.05) is 11.7 Å². The normalized spacial score (nSPS) is 10.8. The van der Waals surface area contributed by atoms with Gasteiger partial charge in [-0.3, -0.25) is 4.79 Å². The molecular weight excluding hydrogens is 340 g/mol. The lowest BCUT2D eigenvalue weighted by Crippen LogP contribution is -2.34. The van der Waals surface area contributed by atoms with Crippen LogP contribution in [0.5, 0.6) is 0 Å². The first-order chi connectivity index (χ1) is 11.6. The summed E-state index contributed by atoms with van der Waals surface area (Å²) in [7, 11) is 0. The van der Waals surface area contributed by atoms with Gasteiger partial charge in [-0.15, -0.1) is 10.2 Å². The number of rotatable bonds is 9. The van der Waals surface area contributed by atoms with Crippen LogP contribution in [0.25, 0.3) is 0 Å². The molecule has 0 fully saturated rings. The minimum absolute atomic E-state index is 0.0496. The largest absolute Gasteiger partial charge is 0.353 e. The third-order valence-electron chi connectivity index (χ3n) is 3.70. The number of carbonyl (C=O) groups is 1. The standard InChI is InChI=1S/C17H24N4OS2/c1-4-12-7-9-14(10-8-12)19-16-20-21-17(24-16)23-11-15(22)18-13(5-2)6-3/h7-10,13H,4-6,11H2,1-3H3,(H,18,22)(H,19,20). The molecule has 130 valence electrons. The maximum atomic E-state index is 11.9. The molecule has 0 saturated carbocycles. The molecule has 0 bridgehead atoms. The van der Waals surface area contributed by atoms with Gasteiger partial charge < -0.3 is 10.6 Å². The fourth-order valence-electron chi connectivity index (χ4n) is 2.16. The Morgan fingerprint density at radius 2 is 1.88 bits per heavy atom. The van der Waals surface area contributed by atoms with Crippen molar-refractivity contribution in [3.05, 3.63) is 29.8 Å².